The van der Waals surface area contributed by atoms with Crippen molar-refractivity contribution in [2.24, 2.45) is 5.41 Å². The first-order valence-corrected chi connectivity index (χ1v) is 11.9. The average molecular weight is 473 g/mol. The fourth-order valence-corrected chi connectivity index (χ4v) is 4.80. The Labute approximate surface area is 198 Å². The van der Waals surface area contributed by atoms with Crippen molar-refractivity contribution in [3.8, 4) is 10.4 Å². The number of β-amino-alcohol motifs (C(OH)–C–C–N with tert-alkyl or cyclic N) is 1. The van der Waals surface area contributed by atoms with Crippen molar-refractivity contribution in [2.45, 2.75) is 65.8 Å². The Morgan fingerprint density at radius 1 is 1.24 bits per heavy atom. The lowest BCUT2D eigenvalue weighted by molar-refractivity contribution is -0.143. The molecule has 1 aromatic heterocycles. The van der Waals surface area contributed by atoms with Gasteiger partial charge in [-0.05, 0) is 23.5 Å². The molecule has 0 radical (unpaired) electrons. The maximum atomic E-state index is 13.3. The highest BCUT2D eigenvalue weighted by Gasteiger charge is 2.44. The van der Waals surface area contributed by atoms with Gasteiger partial charge >= 0.3 is 0 Å². The SMILES string of the molecule is CC(=O)NC(C(=O)N1C[C@@H](O)C[C@@H]1C(=O)NCc1ccc(-c2scnc2C)cc1)C(C)(C)C. The first-order valence-electron chi connectivity index (χ1n) is 11.0. The topological polar surface area (TPSA) is 112 Å². The minimum absolute atomic E-state index is 0.0615. The number of carbonyl (C=O) groups excluding carboxylic acids is 3. The number of hydrogen-bond donors (Lipinski definition) is 3. The standard InChI is InChI=1S/C24H32N4O4S/c1-14-20(33-13-26-14)17-8-6-16(7-9-17)11-25-22(31)19-10-18(30)12-28(19)23(32)21(24(3,4)5)27-15(2)29/h6-9,13,18-19,21,30H,10-12H2,1-5H3,(H,25,31)(H,27,29)/t18-,19+,21?/m0/s1. The number of carbonyl (C=O) groups is 3. The van der Waals surface area contributed by atoms with E-state index in [1.165, 1.54) is 11.8 Å². The van der Waals surface area contributed by atoms with Crippen LogP contribution in [0.15, 0.2) is 29.8 Å². The molecule has 1 saturated heterocycles. The number of amides is 3. The molecule has 1 aromatic carbocycles. The smallest absolute Gasteiger partial charge is 0.246 e. The molecule has 1 aliphatic rings. The van der Waals surface area contributed by atoms with Crippen LogP contribution in [0.1, 0.15) is 45.4 Å². The molecule has 3 rings (SSSR count). The van der Waals surface area contributed by atoms with Crippen LogP contribution in [0.2, 0.25) is 0 Å². The summed E-state index contributed by atoms with van der Waals surface area (Å²) in [5, 5.41) is 15.8. The number of hydrogen-bond acceptors (Lipinski definition) is 6. The summed E-state index contributed by atoms with van der Waals surface area (Å²) in [5.74, 6) is -1.00. The third-order valence-electron chi connectivity index (χ3n) is 5.75. The van der Waals surface area contributed by atoms with E-state index < -0.39 is 23.6 Å². The van der Waals surface area contributed by atoms with Gasteiger partial charge in [-0.1, -0.05) is 45.0 Å². The summed E-state index contributed by atoms with van der Waals surface area (Å²) in [5.41, 5.74) is 4.26. The molecule has 0 saturated carbocycles. The molecule has 3 atom stereocenters. The van der Waals surface area contributed by atoms with Crippen LogP contribution < -0.4 is 10.6 Å². The Bertz CT molecular complexity index is 1010. The van der Waals surface area contributed by atoms with Crippen molar-refractivity contribution in [1.29, 1.82) is 0 Å². The third-order valence-corrected chi connectivity index (χ3v) is 6.73. The number of nitrogens with zero attached hydrogens (tertiary/aromatic N) is 2. The van der Waals surface area contributed by atoms with E-state index >= 15 is 0 Å². The zero-order valence-electron chi connectivity index (χ0n) is 19.7. The number of aryl methyl sites for hydroxylation is 1. The quantitative estimate of drug-likeness (QED) is 0.597. The number of aliphatic hydroxyl groups is 1. The second-order valence-corrected chi connectivity index (χ2v) is 10.4. The van der Waals surface area contributed by atoms with Gasteiger partial charge in [-0.15, -0.1) is 11.3 Å². The van der Waals surface area contributed by atoms with Crippen LogP contribution in [-0.4, -0.2) is 57.4 Å². The Morgan fingerprint density at radius 3 is 2.45 bits per heavy atom. The van der Waals surface area contributed by atoms with Crippen LogP contribution in [-0.2, 0) is 20.9 Å². The highest BCUT2D eigenvalue weighted by Crippen LogP contribution is 2.28. The molecule has 8 nitrogen and oxygen atoms in total. The number of aromatic nitrogens is 1. The molecule has 3 amide bonds. The van der Waals surface area contributed by atoms with E-state index in [-0.39, 0.29) is 30.7 Å². The summed E-state index contributed by atoms with van der Waals surface area (Å²) in [6.45, 7) is 9.26. The van der Waals surface area contributed by atoms with E-state index in [2.05, 4.69) is 15.6 Å². The van der Waals surface area contributed by atoms with Crippen LogP contribution in [0.4, 0.5) is 0 Å². The largest absolute Gasteiger partial charge is 0.391 e. The van der Waals surface area contributed by atoms with Crippen molar-refractivity contribution in [3.05, 3.63) is 41.0 Å². The van der Waals surface area contributed by atoms with E-state index in [4.69, 9.17) is 0 Å². The van der Waals surface area contributed by atoms with Crippen LogP contribution >= 0.6 is 11.3 Å². The summed E-state index contributed by atoms with van der Waals surface area (Å²) in [4.78, 5) is 44.7. The van der Waals surface area contributed by atoms with Gasteiger partial charge in [-0.3, -0.25) is 14.4 Å². The van der Waals surface area contributed by atoms with Gasteiger partial charge in [-0.2, -0.15) is 0 Å². The molecular weight excluding hydrogens is 440 g/mol. The van der Waals surface area contributed by atoms with Gasteiger partial charge in [0.15, 0.2) is 0 Å². The number of nitrogens with one attached hydrogen (secondary N) is 2. The van der Waals surface area contributed by atoms with Gasteiger partial charge in [-0.25, -0.2) is 4.98 Å². The predicted octanol–water partition coefficient (Wildman–Crippen LogP) is 2.25. The zero-order chi connectivity index (χ0) is 24.3. The lowest BCUT2D eigenvalue weighted by atomic mass is 9.85. The first-order chi connectivity index (χ1) is 15.5. The normalized spacial score (nSPS) is 19.3. The Balaban J connectivity index is 1.67. The van der Waals surface area contributed by atoms with Gasteiger partial charge in [0.05, 0.1) is 22.2 Å². The molecule has 0 spiro atoms. The number of benzene rings is 1. The van der Waals surface area contributed by atoms with E-state index in [1.54, 1.807) is 11.3 Å². The third kappa shape index (κ3) is 5.97. The summed E-state index contributed by atoms with van der Waals surface area (Å²) in [6.07, 6.45) is -0.623. The van der Waals surface area contributed by atoms with Crippen LogP contribution in [0, 0.1) is 12.3 Å². The van der Waals surface area contributed by atoms with Crippen molar-refractivity contribution in [1.82, 2.24) is 20.5 Å². The van der Waals surface area contributed by atoms with Crippen LogP contribution in [0.3, 0.4) is 0 Å². The number of rotatable bonds is 6. The highest BCUT2D eigenvalue weighted by atomic mass is 32.1. The van der Waals surface area contributed by atoms with Gasteiger partial charge in [0.1, 0.15) is 12.1 Å². The van der Waals surface area contributed by atoms with Gasteiger partial charge in [0.2, 0.25) is 17.7 Å². The maximum absolute atomic E-state index is 13.3. The van der Waals surface area contributed by atoms with Crippen molar-refractivity contribution < 1.29 is 19.5 Å². The highest BCUT2D eigenvalue weighted by molar-refractivity contribution is 7.13. The van der Waals surface area contributed by atoms with Crippen molar-refractivity contribution in [2.75, 3.05) is 6.54 Å². The van der Waals surface area contributed by atoms with E-state index in [0.717, 1.165) is 21.7 Å². The number of thiazole rings is 1. The number of aliphatic hydroxyl groups excluding tert-OH is 1. The second-order valence-electron chi connectivity index (χ2n) is 9.58. The van der Waals surface area contributed by atoms with Gasteiger partial charge < -0.3 is 20.6 Å². The summed E-state index contributed by atoms with van der Waals surface area (Å²) >= 11 is 1.59. The molecule has 0 bridgehead atoms. The Morgan fingerprint density at radius 2 is 1.91 bits per heavy atom. The van der Waals surface area contributed by atoms with Crippen molar-refractivity contribution >= 4 is 29.1 Å². The monoisotopic (exact) mass is 472 g/mol. The Hall–Kier alpha value is -2.78. The van der Waals surface area contributed by atoms with E-state index in [0.29, 0.717) is 6.54 Å². The molecular formula is C24H32N4O4S. The molecule has 9 heteroatoms. The molecule has 178 valence electrons. The molecule has 1 aliphatic heterocycles. The van der Waals surface area contributed by atoms with Crippen LogP contribution in [0.5, 0.6) is 0 Å². The molecule has 2 aromatic rings. The fourth-order valence-electron chi connectivity index (χ4n) is 3.98. The molecule has 2 heterocycles. The Kier molecular flexibility index (Phi) is 7.54. The average Bonchev–Trinajstić information content (AvgIpc) is 3.35. The minimum atomic E-state index is -0.793. The fraction of sp³-hybridized carbons (Fsp3) is 0.500. The maximum Gasteiger partial charge on any atom is 0.246 e. The van der Waals surface area contributed by atoms with E-state index in [9.17, 15) is 19.5 Å². The zero-order valence-corrected chi connectivity index (χ0v) is 20.5. The van der Waals surface area contributed by atoms with Crippen molar-refractivity contribution in [3.63, 3.8) is 0 Å². The second kappa shape index (κ2) is 10.0. The molecule has 0 aliphatic carbocycles. The molecule has 33 heavy (non-hydrogen) atoms. The number of likely N-dealkylation sites (tertiary alicyclic amines) is 1. The van der Waals surface area contributed by atoms with Gasteiger partial charge in [0.25, 0.3) is 0 Å². The van der Waals surface area contributed by atoms with Gasteiger partial charge in [0, 0.05) is 26.4 Å². The van der Waals surface area contributed by atoms with Crippen LogP contribution in [0.25, 0.3) is 10.4 Å². The molecule has 1 fully saturated rings. The first kappa shape index (κ1) is 24.9. The lowest BCUT2D eigenvalue weighted by Crippen LogP contribution is -2.57. The summed E-state index contributed by atoms with van der Waals surface area (Å²) in [7, 11) is 0. The summed E-state index contributed by atoms with van der Waals surface area (Å²) in [6, 6.07) is 6.32. The predicted molar refractivity (Wildman–Crippen MR) is 127 cm³/mol. The molecule has 1 unspecified atom stereocenters. The lowest BCUT2D eigenvalue weighted by Gasteiger charge is -2.35. The molecule has 3 N–H and O–H groups in total. The van der Waals surface area contributed by atoms with E-state index in [1.807, 2.05) is 57.5 Å². The minimum Gasteiger partial charge on any atom is -0.391 e. The summed E-state index contributed by atoms with van der Waals surface area (Å²) < 4.78 is 0.